The van der Waals surface area contributed by atoms with Crippen molar-refractivity contribution in [3.63, 3.8) is 0 Å². The minimum Gasteiger partial charge on any atom is -0.255 e. The Morgan fingerprint density at radius 2 is 2.17 bits per heavy atom. The zero-order chi connectivity index (χ0) is 9.14. The van der Waals surface area contributed by atoms with Crippen LogP contribution in [0.4, 0.5) is 8.78 Å². The van der Waals surface area contributed by atoms with Gasteiger partial charge in [0.05, 0.1) is 11.9 Å². The van der Waals surface area contributed by atoms with Crippen LogP contribution in [0.25, 0.3) is 0 Å². The molecule has 1 rings (SSSR count). The third-order valence-corrected chi connectivity index (χ3v) is 1.92. The van der Waals surface area contributed by atoms with Crippen LogP contribution in [0.15, 0.2) is 12.3 Å². The van der Waals surface area contributed by atoms with Crippen LogP contribution in [-0.2, 0) is 0 Å². The fourth-order valence-corrected chi connectivity index (χ4v) is 0.981. The highest BCUT2D eigenvalue weighted by atomic mass is 19.1. The van der Waals surface area contributed by atoms with Gasteiger partial charge < -0.3 is 0 Å². The van der Waals surface area contributed by atoms with Crippen molar-refractivity contribution in [1.82, 2.24) is 4.98 Å². The average Bonchev–Trinajstić information content (AvgIpc) is 2.03. The fraction of sp³-hybridized carbons (Fsp3) is 0.444. The summed E-state index contributed by atoms with van der Waals surface area (Å²) < 4.78 is 25.4. The molecule has 0 radical (unpaired) electrons. The number of aromatic nitrogens is 1. The molecule has 0 aliphatic carbocycles. The van der Waals surface area contributed by atoms with Crippen molar-refractivity contribution >= 4 is 0 Å². The van der Waals surface area contributed by atoms with Gasteiger partial charge in [-0.25, -0.2) is 8.78 Å². The first-order valence-electron chi connectivity index (χ1n) is 3.96. The molecule has 0 N–H and O–H groups in total. The molecular formula is C9H11F2N. The summed E-state index contributed by atoms with van der Waals surface area (Å²) in [7, 11) is 0. The highest BCUT2D eigenvalue weighted by Crippen LogP contribution is 2.19. The van der Waals surface area contributed by atoms with Crippen LogP contribution in [0.1, 0.15) is 31.9 Å². The van der Waals surface area contributed by atoms with Crippen LogP contribution in [0.2, 0.25) is 0 Å². The maximum absolute atomic E-state index is 13.0. The van der Waals surface area contributed by atoms with E-state index in [-0.39, 0.29) is 5.92 Å². The van der Waals surface area contributed by atoms with Gasteiger partial charge in [-0.3, -0.25) is 4.98 Å². The van der Waals surface area contributed by atoms with Gasteiger partial charge in [-0.1, -0.05) is 13.8 Å². The van der Waals surface area contributed by atoms with Gasteiger partial charge in [0.1, 0.15) is 11.6 Å². The van der Waals surface area contributed by atoms with E-state index in [1.54, 1.807) is 0 Å². The van der Waals surface area contributed by atoms with Gasteiger partial charge in [0, 0.05) is 12.0 Å². The lowest BCUT2D eigenvalue weighted by atomic mass is 10.0. The smallest absolute Gasteiger partial charge is 0.147 e. The Balaban J connectivity index is 3.01. The molecular weight excluding hydrogens is 160 g/mol. The molecule has 66 valence electrons. The maximum atomic E-state index is 13.0. The summed E-state index contributed by atoms with van der Waals surface area (Å²) in [6.07, 6.45) is 1.85. The van der Waals surface area contributed by atoms with Crippen LogP contribution >= 0.6 is 0 Å². The lowest BCUT2D eigenvalue weighted by Crippen LogP contribution is -2.00. The van der Waals surface area contributed by atoms with Crippen LogP contribution < -0.4 is 0 Å². The van der Waals surface area contributed by atoms with Crippen molar-refractivity contribution in [2.45, 2.75) is 26.2 Å². The molecule has 0 bridgehead atoms. The third kappa shape index (κ3) is 1.78. The van der Waals surface area contributed by atoms with Crippen molar-refractivity contribution in [2.75, 3.05) is 0 Å². The van der Waals surface area contributed by atoms with Crippen molar-refractivity contribution in [2.24, 2.45) is 0 Å². The Labute approximate surface area is 70.4 Å². The molecule has 0 saturated heterocycles. The zero-order valence-corrected chi connectivity index (χ0v) is 7.14. The second-order valence-electron chi connectivity index (χ2n) is 2.83. The summed E-state index contributed by atoms with van der Waals surface area (Å²) in [6.45, 7) is 3.80. The van der Waals surface area contributed by atoms with Gasteiger partial charge in [-0.15, -0.1) is 0 Å². The van der Waals surface area contributed by atoms with E-state index in [4.69, 9.17) is 0 Å². The zero-order valence-electron chi connectivity index (χ0n) is 7.14. The lowest BCUT2D eigenvalue weighted by Gasteiger charge is -2.07. The molecule has 0 aliphatic rings. The van der Waals surface area contributed by atoms with Crippen LogP contribution in [-0.4, -0.2) is 4.98 Å². The second-order valence-corrected chi connectivity index (χ2v) is 2.83. The SMILES string of the molecule is CC[C@H](C)c1ncc(F)cc1F. The Morgan fingerprint density at radius 3 is 2.67 bits per heavy atom. The van der Waals surface area contributed by atoms with E-state index in [2.05, 4.69) is 4.98 Å². The number of pyridine rings is 1. The number of nitrogens with zero attached hydrogens (tertiary/aromatic N) is 1. The molecule has 0 saturated carbocycles. The number of halogens is 2. The van der Waals surface area contributed by atoms with E-state index in [0.717, 1.165) is 18.7 Å². The molecule has 1 aromatic rings. The van der Waals surface area contributed by atoms with Gasteiger partial charge in [0.2, 0.25) is 0 Å². The van der Waals surface area contributed by atoms with Gasteiger partial charge in [-0.2, -0.15) is 0 Å². The molecule has 1 atom stereocenters. The first kappa shape index (κ1) is 9.10. The average molecular weight is 171 g/mol. The molecule has 0 unspecified atom stereocenters. The van der Waals surface area contributed by atoms with E-state index in [9.17, 15) is 8.78 Å². The molecule has 1 nitrogen and oxygen atoms in total. The minimum absolute atomic E-state index is 0.0469. The maximum Gasteiger partial charge on any atom is 0.147 e. The molecule has 0 amide bonds. The van der Waals surface area contributed by atoms with E-state index >= 15 is 0 Å². The normalized spacial score (nSPS) is 13.0. The first-order valence-corrected chi connectivity index (χ1v) is 3.96. The molecule has 0 spiro atoms. The van der Waals surface area contributed by atoms with E-state index in [1.165, 1.54) is 0 Å². The fourth-order valence-electron chi connectivity index (χ4n) is 0.981. The van der Waals surface area contributed by atoms with Crippen molar-refractivity contribution in [3.05, 3.63) is 29.6 Å². The van der Waals surface area contributed by atoms with Gasteiger partial charge in [0.15, 0.2) is 0 Å². The Hall–Kier alpha value is -0.990. The molecule has 0 fully saturated rings. The molecule has 1 heterocycles. The Morgan fingerprint density at radius 1 is 1.50 bits per heavy atom. The van der Waals surface area contributed by atoms with Crippen molar-refractivity contribution in [1.29, 1.82) is 0 Å². The predicted molar refractivity (Wildman–Crippen MR) is 42.9 cm³/mol. The summed E-state index contributed by atoms with van der Waals surface area (Å²) in [5.41, 5.74) is 0.346. The lowest BCUT2D eigenvalue weighted by molar-refractivity contribution is 0.538. The number of hydrogen-bond donors (Lipinski definition) is 0. The number of rotatable bonds is 2. The second kappa shape index (κ2) is 3.61. The molecule has 12 heavy (non-hydrogen) atoms. The highest BCUT2D eigenvalue weighted by Gasteiger charge is 2.10. The largest absolute Gasteiger partial charge is 0.255 e. The van der Waals surface area contributed by atoms with Crippen LogP contribution in [0.3, 0.4) is 0 Å². The van der Waals surface area contributed by atoms with Crippen molar-refractivity contribution < 1.29 is 8.78 Å². The first-order chi connectivity index (χ1) is 5.65. The standard InChI is InChI=1S/C9H11F2N/c1-3-6(2)9-8(11)4-7(10)5-12-9/h4-6H,3H2,1-2H3/t6-/m0/s1. The molecule has 1 aromatic heterocycles. The Bertz CT molecular complexity index is 273. The van der Waals surface area contributed by atoms with E-state index in [1.807, 2.05) is 13.8 Å². The van der Waals surface area contributed by atoms with E-state index < -0.39 is 11.6 Å². The van der Waals surface area contributed by atoms with Gasteiger partial charge in [-0.05, 0) is 6.42 Å². The summed E-state index contributed by atoms with van der Waals surface area (Å²) in [4.78, 5) is 3.70. The third-order valence-electron chi connectivity index (χ3n) is 1.92. The summed E-state index contributed by atoms with van der Waals surface area (Å²) in [6, 6.07) is 0.870. The Kier molecular flexibility index (Phi) is 2.74. The summed E-state index contributed by atoms with van der Waals surface area (Å²) in [5.74, 6) is -1.13. The summed E-state index contributed by atoms with van der Waals surface area (Å²) in [5, 5.41) is 0. The quantitative estimate of drug-likeness (QED) is 0.666. The monoisotopic (exact) mass is 171 g/mol. The topological polar surface area (TPSA) is 12.9 Å². The van der Waals surface area contributed by atoms with E-state index in [0.29, 0.717) is 5.69 Å². The molecule has 0 aliphatic heterocycles. The van der Waals surface area contributed by atoms with Crippen molar-refractivity contribution in [3.8, 4) is 0 Å². The molecule has 0 aromatic carbocycles. The summed E-state index contributed by atoms with van der Waals surface area (Å²) >= 11 is 0. The predicted octanol–water partition coefficient (Wildman–Crippen LogP) is 2.87. The van der Waals surface area contributed by atoms with Gasteiger partial charge in [0.25, 0.3) is 0 Å². The molecule has 3 heteroatoms. The number of hydrogen-bond acceptors (Lipinski definition) is 1. The minimum atomic E-state index is -0.625. The highest BCUT2D eigenvalue weighted by molar-refractivity contribution is 5.12. The van der Waals surface area contributed by atoms with Crippen LogP contribution in [0.5, 0.6) is 0 Å². The van der Waals surface area contributed by atoms with Crippen LogP contribution in [0, 0.1) is 11.6 Å². The van der Waals surface area contributed by atoms with Gasteiger partial charge >= 0.3 is 0 Å².